The molecule has 5 nitrogen and oxygen atoms in total. The molecule has 180 valence electrons. The van der Waals surface area contributed by atoms with E-state index in [4.69, 9.17) is 33.7 Å². The first kappa shape index (κ1) is 24.1. The Kier molecular flexibility index (Phi) is 7.27. The van der Waals surface area contributed by atoms with E-state index in [0.29, 0.717) is 26.6 Å². The van der Waals surface area contributed by atoms with E-state index in [0.717, 1.165) is 54.6 Å². The Balaban J connectivity index is 1.54. The minimum absolute atomic E-state index is 0.00772. The molecule has 1 saturated carbocycles. The first-order chi connectivity index (χ1) is 17.0. The molecule has 0 N–H and O–H groups in total. The van der Waals surface area contributed by atoms with E-state index in [-0.39, 0.29) is 11.9 Å². The number of para-hydroxylation sites is 1. The highest BCUT2D eigenvalue weighted by Crippen LogP contribution is 2.39. The smallest absolute Gasteiger partial charge is 0.266 e. The van der Waals surface area contributed by atoms with Crippen LogP contribution in [-0.4, -0.2) is 37.6 Å². The minimum Gasteiger partial charge on any atom is -0.492 e. The topological polar surface area (TPSA) is 47.4 Å². The van der Waals surface area contributed by atoms with Gasteiger partial charge in [0, 0.05) is 23.4 Å². The van der Waals surface area contributed by atoms with Gasteiger partial charge in [-0.3, -0.25) is 9.69 Å². The SMILES string of the molecule is CCCOc1ccc(-c2nn(-c3ccccc3)cc2/C=C2/SC(=S)N(C3CCCC3)C2=O)cc1Cl. The van der Waals surface area contributed by atoms with Crippen LogP contribution in [0.15, 0.2) is 59.6 Å². The number of thiocarbonyl (C=S) groups is 1. The standard InChI is InChI=1S/C27H26ClN3O2S2/c1-2-14-33-23-13-12-18(15-22(23)28)25-19(17-30(29-25)20-8-4-3-5-9-20)16-24-26(32)31(27(34)35-24)21-10-6-7-11-21/h3-5,8-9,12-13,15-17,21H,2,6-7,10-11,14H2,1H3/b24-16+. The third-order valence-electron chi connectivity index (χ3n) is 6.23. The van der Waals surface area contributed by atoms with Crippen molar-refractivity contribution in [1.82, 2.24) is 14.7 Å². The molecule has 1 saturated heterocycles. The molecule has 0 atom stereocenters. The molecule has 1 amide bonds. The monoisotopic (exact) mass is 523 g/mol. The van der Waals surface area contributed by atoms with Crippen LogP contribution in [0, 0.1) is 0 Å². The first-order valence-electron chi connectivity index (χ1n) is 11.9. The number of aromatic nitrogens is 2. The van der Waals surface area contributed by atoms with Gasteiger partial charge in [-0.15, -0.1) is 0 Å². The van der Waals surface area contributed by atoms with Crippen molar-refractivity contribution in [2.45, 2.75) is 45.1 Å². The van der Waals surface area contributed by atoms with E-state index >= 15 is 0 Å². The van der Waals surface area contributed by atoms with Crippen LogP contribution < -0.4 is 4.74 Å². The van der Waals surface area contributed by atoms with Crippen molar-refractivity contribution in [2.24, 2.45) is 0 Å². The zero-order chi connectivity index (χ0) is 24.4. The summed E-state index contributed by atoms with van der Waals surface area (Å²) in [5.74, 6) is 0.644. The summed E-state index contributed by atoms with van der Waals surface area (Å²) in [5, 5.41) is 5.40. The summed E-state index contributed by atoms with van der Waals surface area (Å²) in [6.07, 6.45) is 9.08. The second kappa shape index (κ2) is 10.6. The van der Waals surface area contributed by atoms with Gasteiger partial charge < -0.3 is 4.74 Å². The van der Waals surface area contributed by atoms with Gasteiger partial charge in [0.1, 0.15) is 15.8 Å². The molecule has 2 aliphatic rings. The summed E-state index contributed by atoms with van der Waals surface area (Å²) in [6, 6.07) is 15.8. The van der Waals surface area contributed by atoms with E-state index in [9.17, 15) is 4.79 Å². The highest BCUT2D eigenvalue weighted by Gasteiger charge is 2.38. The maximum atomic E-state index is 13.3. The van der Waals surface area contributed by atoms with Crippen molar-refractivity contribution in [3.8, 4) is 22.7 Å². The van der Waals surface area contributed by atoms with Crippen molar-refractivity contribution >= 4 is 51.9 Å². The van der Waals surface area contributed by atoms with Gasteiger partial charge in [-0.05, 0) is 55.7 Å². The summed E-state index contributed by atoms with van der Waals surface area (Å²) in [5.41, 5.74) is 3.36. The maximum absolute atomic E-state index is 13.3. The molecule has 5 rings (SSSR count). The van der Waals surface area contributed by atoms with Crippen LogP contribution in [0.3, 0.4) is 0 Å². The Morgan fingerprint density at radius 3 is 2.69 bits per heavy atom. The molecule has 1 aromatic heterocycles. The van der Waals surface area contributed by atoms with Crippen molar-refractivity contribution in [3.05, 3.63) is 70.2 Å². The molecule has 1 aliphatic carbocycles. The van der Waals surface area contributed by atoms with E-state index in [1.807, 2.05) is 70.4 Å². The number of rotatable bonds is 7. The molecule has 2 heterocycles. The number of ether oxygens (including phenoxy) is 1. The Morgan fingerprint density at radius 1 is 1.20 bits per heavy atom. The average molecular weight is 524 g/mol. The van der Waals surface area contributed by atoms with Gasteiger partial charge >= 0.3 is 0 Å². The zero-order valence-electron chi connectivity index (χ0n) is 19.4. The number of hydrogen-bond donors (Lipinski definition) is 0. The third kappa shape index (κ3) is 5.03. The Hall–Kier alpha value is -2.61. The Labute approximate surface area is 220 Å². The van der Waals surface area contributed by atoms with Gasteiger partial charge in [0.05, 0.1) is 22.2 Å². The summed E-state index contributed by atoms with van der Waals surface area (Å²) >= 11 is 13.5. The Bertz CT molecular complexity index is 1280. The van der Waals surface area contributed by atoms with E-state index in [1.165, 1.54) is 11.8 Å². The second-order valence-corrected chi connectivity index (χ2v) is 10.8. The number of thioether (sulfide) groups is 1. The van der Waals surface area contributed by atoms with Crippen LogP contribution in [0.25, 0.3) is 23.0 Å². The molecular formula is C27H26ClN3O2S2. The van der Waals surface area contributed by atoms with Crippen LogP contribution in [0.5, 0.6) is 5.75 Å². The number of halogens is 1. The predicted molar refractivity (Wildman–Crippen MR) is 147 cm³/mol. The molecule has 0 bridgehead atoms. The lowest BCUT2D eigenvalue weighted by molar-refractivity contribution is -0.123. The van der Waals surface area contributed by atoms with Gasteiger partial charge in [-0.25, -0.2) is 4.68 Å². The molecule has 2 aromatic carbocycles. The Morgan fingerprint density at radius 2 is 1.97 bits per heavy atom. The largest absolute Gasteiger partial charge is 0.492 e. The van der Waals surface area contributed by atoms with Crippen LogP contribution in [0.1, 0.15) is 44.6 Å². The molecule has 1 aliphatic heterocycles. The van der Waals surface area contributed by atoms with Crippen LogP contribution >= 0.6 is 35.6 Å². The average Bonchev–Trinajstić information content (AvgIpc) is 3.59. The fourth-order valence-corrected chi connectivity index (χ4v) is 6.13. The van der Waals surface area contributed by atoms with Crippen LogP contribution in [0.2, 0.25) is 5.02 Å². The third-order valence-corrected chi connectivity index (χ3v) is 7.86. The summed E-state index contributed by atoms with van der Waals surface area (Å²) in [6.45, 7) is 2.66. The highest BCUT2D eigenvalue weighted by atomic mass is 35.5. The van der Waals surface area contributed by atoms with E-state index < -0.39 is 0 Å². The predicted octanol–water partition coefficient (Wildman–Crippen LogP) is 7.13. The van der Waals surface area contributed by atoms with Gasteiger partial charge in [0.15, 0.2) is 0 Å². The lowest BCUT2D eigenvalue weighted by Gasteiger charge is -2.21. The molecule has 2 fully saturated rings. The van der Waals surface area contributed by atoms with Crippen molar-refractivity contribution in [1.29, 1.82) is 0 Å². The summed E-state index contributed by atoms with van der Waals surface area (Å²) < 4.78 is 8.21. The number of carbonyl (C=O) groups excluding carboxylic acids is 1. The first-order valence-corrected chi connectivity index (χ1v) is 13.5. The molecular weight excluding hydrogens is 498 g/mol. The van der Waals surface area contributed by atoms with E-state index in [1.54, 1.807) is 0 Å². The molecule has 0 radical (unpaired) electrons. The molecule has 0 unspecified atom stereocenters. The normalized spacial score (nSPS) is 17.7. The van der Waals surface area contributed by atoms with Crippen LogP contribution in [0.4, 0.5) is 0 Å². The van der Waals surface area contributed by atoms with Crippen molar-refractivity contribution < 1.29 is 9.53 Å². The molecule has 35 heavy (non-hydrogen) atoms. The van der Waals surface area contributed by atoms with Crippen molar-refractivity contribution in [3.63, 3.8) is 0 Å². The van der Waals surface area contributed by atoms with Gasteiger partial charge in [0.2, 0.25) is 0 Å². The number of hydrogen-bond acceptors (Lipinski definition) is 5. The number of benzene rings is 2. The zero-order valence-corrected chi connectivity index (χ0v) is 21.8. The summed E-state index contributed by atoms with van der Waals surface area (Å²) in [7, 11) is 0. The molecule has 3 aromatic rings. The lowest BCUT2D eigenvalue weighted by atomic mass is 10.1. The number of carbonyl (C=O) groups is 1. The molecule has 0 spiro atoms. The van der Waals surface area contributed by atoms with E-state index in [2.05, 4.69) is 6.92 Å². The quantitative estimate of drug-likeness (QED) is 0.243. The fourth-order valence-electron chi connectivity index (χ4n) is 4.51. The number of amides is 1. The molecule has 8 heteroatoms. The fraction of sp³-hybridized carbons (Fsp3) is 0.296. The maximum Gasteiger partial charge on any atom is 0.266 e. The van der Waals surface area contributed by atoms with Crippen molar-refractivity contribution in [2.75, 3.05) is 6.61 Å². The minimum atomic E-state index is -0.00772. The van der Waals surface area contributed by atoms with Gasteiger partial charge in [-0.1, -0.05) is 73.5 Å². The van der Waals surface area contributed by atoms with Gasteiger partial charge in [-0.2, -0.15) is 5.10 Å². The van der Waals surface area contributed by atoms with Crippen LogP contribution in [-0.2, 0) is 4.79 Å². The lowest BCUT2D eigenvalue weighted by Crippen LogP contribution is -2.36. The van der Waals surface area contributed by atoms with Gasteiger partial charge in [0.25, 0.3) is 5.91 Å². The summed E-state index contributed by atoms with van der Waals surface area (Å²) in [4.78, 5) is 15.8. The second-order valence-electron chi connectivity index (χ2n) is 8.70. The highest BCUT2D eigenvalue weighted by molar-refractivity contribution is 8.26. The number of nitrogens with zero attached hydrogens (tertiary/aromatic N) is 3.